The molecule has 0 saturated carbocycles. The van der Waals surface area contributed by atoms with Crippen molar-refractivity contribution in [1.82, 2.24) is 0 Å². The van der Waals surface area contributed by atoms with E-state index in [1.807, 2.05) is 40.7 Å². The zero-order valence-electron chi connectivity index (χ0n) is 8.60. The Balaban J connectivity index is 3.89. The lowest BCUT2D eigenvalue weighted by atomic mass is 9.97. The molecular formula is C10H18O2. The van der Waals surface area contributed by atoms with E-state index in [0.717, 1.165) is 5.57 Å². The fourth-order valence-corrected chi connectivity index (χ4v) is 0.479. The van der Waals surface area contributed by atoms with E-state index in [-0.39, 0.29) is 5.97 Å². The summed E-state index contributed by atoms with van der Waals surface area (Å²) in [5, 5.41) is 0. The molecule has 0 radical (unpaired) electrons. The highest BCUT2D eigenvalue weighted by molar-refractivity contribution is 5.75. The first-order valence-corrected chi connectivity index (χ1v) is 4.17. The van der Waals surface area contributed by atoms with Crippen LogP contribution in [0.2, 0.25) is 0 Å². The van der Waals surface area contributed by atoms with Crippen molar-refractivity contribution < 1.29 is 9.53 Å². The first-order valence-electron chi connectivity index (χ1n) is 4.17. The lowest BCUT2D eigenvalue weighted by molar-refractivity contribution is -0.151. The largest absolute Gasteiger partial charge is 0.461 e. The third-order valence-corrected chi connectivity index (χ3v) is 1.54. The zero-order chi connectivity index (χ0) is 9.78. The van der Waals surface area contributed by atoms with Crippen LogP contribution < -0.4 is 0 Å². The van der Waals surface area contributed by atoms with E-state index in [0.29, 0.717) is 6.61 Å². The minimum absolute atomic E-state index is 0.149. The van der Waals surface area contributed by atoms with Crippen molar-refractivity contribution in [1.29, 1.82) is 0 Å². The minimum Gasteiger partial charge on any atom is -0.461 e. The van der Waals surface area contributed by atoms with Crippen LogP contribution in [0.25, 0.3) is 0 Å². The highest BCUT2D eigenvalue weighted by Crippen LogP contribution is 2.15. The van der Waals surface area contributed by atoms with E-state index in [2.05, 4.69) is 0 Å². The molecule has 0 aromatic carbocycles. The second-order valence-corrected chi connectivity index (χ2v) is 3.96. The molecule has 0 aromatic rings. The van der Waals surface area contributed by atoms with Crippen molar-refractivity contribution in [2.75, 3.05) is 6.61 Å². The molecule has 0 heterocycles. The molecule has 0 aliphatic heterocycles. The van der Waals surface area contributed by atoms with Crippen LogP contribution >= 0.6 is 0 Å². The van der Waals surface area contributed by atoms with Crippen molar-refractivity contribution >= 4 is 5.97 Å². The SMILES string of the molecule is CC=C(C)COC(=O)C(C)(C)C. The van der Waals surface area contributed by atoms with Gasteiger partial charge in [-0.3, -0.25) is 4.79 Å². The molecule has 12 heavy (non-hydrogen) atoms. The van der Waals surface area contributed by atoms with Gasteiger partial charge < -0.3 is 4.74 Å². The van der Waals surface area contributed by atoms with E-state index in [1.165, 1.54) is 0 Å². The lowest BCUT2D eigenvalue weighted by Crippen LogP contribution is -2.23. The van der Waals surface area contributed by atoms with Gasteiger partial charge >= 0.3 is 5.97 Å². The number of hydrogen-bond acceptors (Lipinski definition) is 2. The quantitative estimate of drug-likeness (QED) is 0.470. The van der Waals surface area contributed by atoms with E-state index < -0.39 is 5.41 Å². The van der Waals surface area contributed by atoms with Gasteiger partial charge in [0.1, 0.15) is 6.61 Å². The average molecular weight is 170 g/mol. The maximum atomic E-state index is 11.2. The van der Waals surface area contributed by atoms with Gasteiger partial charge in [-0.1, -0.05) is 6.08 Å². The van der Waals surface area contributed by atoms with Gasteiger partial charge in [-0.15, -0.1) is 0 Å². The molecule has 0 atom stereocenters. The number of rotatable bonds is 2. The van der Waals surface area contributed by atoms with Crippen molar-refractivity contribution in [3.8, 4) is 0 Å². The second kappa shape index (κ2) is 4.29. The van der Waals surface area contributed by atoms with Crippen LogP contribution in [0.4, 0.5) is 0 Å². The Labute approximate surface area is 74.6 Å². The highest BCUT2D eigenvalue weighted by Gasteiger charge is 2.22. The summed E-state index contributed by atoms with van der Waals surface area (Å²) < 4.78 is 5.05. The van der Waals surface area contributed by atoms with Gasteiger partial charge in [0, 0.05) is 0 Å². The molecule has 0 amide bonds. The minimum atomic E-state index is -0.395. The Kier molecular flexibility index (Phi) is 4.01. The van der Waals surface area contributed by atoms with Crippen molar-refractivity contribution in [2.45, 2.75) is 34.6 Å². The number of ether oxygens (including phenoxy) is 1. The first kappa shape index (κ1) is 11.2. The Morgan fingerprint density at radius 3 is 2.25 bits per heavy atom. The summed E-state index contributed by atoms with van der Waals surface area (Å²) in [6.07, 6.45) is 1.94. The summed E-state index contributed by atoms with van der Waals surface area (Å²) in [6.45, 7) is 9.82. The number of allylic oxidation sites excluding steroid dienone is 1. The van der Waals surface area contributed by atoms with Crippen LogP contribution in [0.3, 0.4) is 0 Å². The van der Waals surface area contributed by atoms with Crippen LogP contribution in [0.1, 0.15) is 34.6 Å². The van der Waals surface area contributed by atoms with Gasteiger partial charge in [0.05, 0.1) is 5.41 Å². The molecule has 0 rings (SSSR count). The third-order valence-electron chi connectivity index (χ3n) is 1.54. The monoisotopic (exact) mass is 170 g/mol. The Morgan fingerprint density at radius 1 is 1.42 bits per heavy atom. The van der Waals surface area contributed by atoms with E-state index in [4.69, 9.17) is 4.74 Å². The molecule has 0 aliphatic rings. The van der Waals surface area contributed by atoms with E-state index in [9.17, 15) is 4.79 Å². The summed E-state index contributed by atoms with van der Waals surface area (Å²) in [4.78, 5) is 11.2. The van der Waals surface area contributed by atoms with Crippen LogP contribution in [0, 0.1) is 5.41 Å². The maximum absolute atomic E-state index is 11.2. The fraction of sp³-hybridized carbons (Fsp3) is 0.700. The Morgan fingerprint density at radius 2 is 1.92 bits per heavy atom. The molecule has 0 fully saturated rings. The fourth-order valence-electron chi connectivity index (χ4n) is 0.479. The molecule has 0 aliphatic carbocycles. The summed E-state index contributed by atoms with van der Waals surface area (Å²) in [5.41, 5.74) is 0.682. The predicted molar refractivity (Wildman–Crippen MR) is 49.8 cm³/mol. The van der Waals surface area contributed by atoms with Gasteiger partial charge in [0.2, 0.25) is 0 Å². The molecule has 0 saturated heterocycles. The number of hydrogen-bond donors (Lipinski definition) is 0. The van der Waals surface area contributed by atoms with Gasteiger partial charge in [-0.25, -0.2) is 0 Å². The average Bonchev–Trinajstić information content (AvgIpc) is 1.97. The first-order chi connectivity index (χ1) is 5.38. The number of carbonyl (C=O) groups is 1. The molecule has 2 heteroatoms. The molecule has 0 N–H and O–H groups in total. The van der Waals surface area contributed by atoms with Crippen molar-refractivity contribution in [3.05, 3.63) is 11.6 Å². The molecule has 0 aromatic heterocycles. The molecule has 0 unspecified atom stereocenters. The maximum Gasteiger partial charge on any atom is 0.311 e. The normalized spacial score (nSPS) is 12.9. The molecule has 70 valence electrons. The molecular weight excluding hydrogens is 152 g/mol. The second-order valence-electron chi connectivity index (χ2n) is 3.96. The van der Waals surface area contributed by atoms with Crippen LogP contribution in [0.15, 0.2) is 11.6 Å². The third kappa shape index (κ3) is 4.16. The molecule has 2 nitrogen and oxygen atoms in total. The van der Waals surface area contributed by atoms with Gasteiger partial charge in [-0.05, 0) is 40.2 Å². The lowest BCUT2D eigenvalue weighted by Gasteiger charge is -2.16. The summed E-state index contributed by atoms with van der Waals surface area (Å²) in [5.74, 6) is -0.149. The van der Waals surface area contributed by atoms with Crippen molar-refractivity contribution in [2.24, 2.45) is 5.41 Å². The highest BCUT2D eigenvalue weighted by atomic mass is 16.5. The van der Waals surface area contributed by atoms with Gasteiger partial charge in [0.25, 0.3) is 0 Å². The number of carbonyl (C=O) groups excluding carboxylic acids is 1. The van der Waals surface area contributed by atoms with Crippen LogP contribution in [-0.2, 0) is 9.53 Å². The van der Waals surface area contributed by atoms with Crippen molar-refractivity contribution in [3.63, 3.8) is 0 Å². The van der Waals surface area contributed by atoms with Crippen LogP contribution in [-0.4, -0.2) is 12.6 Å². The topological polar surface area (TPSA) is 26.3 Å². The van der Waals surface area contributed by atoms with Gasteiger partial charge in [0.15, 0.2) is 0 Å². The standard InChI is InChI=1S/C10H18O2/c1-6-8(2)7-12-9(11)10(3,4)5/h6H,7H2,1-5H3. The summed E-state index contributed by atoms with van der Waals surface area (Å²) >= 11 is 0. The molecule has 0 spiro atoms. The summed E-state index contributed by atoms with van der Waals surface area (Å²) in [7, 11) is 0. The van der Waals surface area contributed by atoms with Gasteiger partial charge in [-0.2, -0.15) is 0 Å². The smallest absolute Gasteiger partial charge is 0.311 e. The van der Waals surface area contributed by atoms with E-state index in [1.54, 1.807) is 0 Å². The zero-order valence-corrected chi connectivity index (χ0v) is 8.60. The predicted octanol–water partition coefficient (Wildman–Crippen LogP) is 2.54. The number of esters is 1. The molecule has 0 bridgehead atoms. The van der Waals surface area contributed by atoms with E-state index >= 15 is 0 Å². The Hall–Kier alpha value is -0.790. The van der Waals surface area contributed by atoms with Crippen LogP contribution in [0.5, 0.6) is 0 Å². The Bertz CT molecular complexity index is 185. The summed E-state index contributed by atoms with van der Waals surface area (Å²) in [6, 6.07) is 0.